The average Bonchev–Trinajstić information content (AvgIpc) is 2.79. The van der Waals surface area contributed by atoms with Crippen molar-refractivity contribution >= 4 is 5.91 Å². The monoisotopic (exact) mass is 381 g/mol. The molecule has 0 saturated heterocycles. The molecule has 0 bridgehead atoms. The summed E-state index contributed by atoms with van der Waals surface area (Å²) in [5, 5.41) is 17.9. The highest BCUT2D eigenvalue weighted by atomic mass is 16.5. The SMILES string of the molecule is N#Cc1ccc(C(=O)N(CCOc2cccc(C#N)c2)Cc2ccccc2)cc1. The van der Waals surface area contributed by atoms with E-state index in [1.165, 1.54) is 0 Å². The maximum absolute atomic E-state index is 13.0. The number of ether oxygens (including phenoxy) is 1. The van der Waals surface area contributed by atoms with Gasteiger partial charge in [0.1, 0.15) is 12.4 Å². The van der Waals surface area contributed by atoms with Crippen molar-refractivity contribution in [1.82, 2.24) is 4.90 Å². The Morgan fingerprint density at radius 2 is 1.59 bits per heavy atom. The molecule has 0 fully saturated rings. The third-order valence-electron chi connectivity index (χ3n) is 4.36. The Balaban J connectivity index is 1.72. The van der Waals surface area contributed by atoms with Crippen molar-refractivity contribution in [2.45, 2.75) is 6.54 Å². The molecule has 29 heavy (non-hydrogen) atoms. The minimum Gasteiger partial charge on any atom is -0.492 e. The van der Waals surface area contributed by atoms with Crippen molar-refractivity contribution in [3.63, 3.8) is 0 Å². The molecular formula is C24H19N3O2. The standard InChI is InChI=1S/C24H19N3O2/c25-16-19-9-11-22(12-10-19)24(28)27(18-20-5-2-1-3-6-20)13-14-29-23-8-4-7-21(15-23)17-26/h1-12,15H,13-14,18H2. The quantitative estimate of drug-likeness (QED) is 0.616. The Morgan fingerprint density at radius 3 is 2.28 bits per heavy atom. The summed E-state index contributed by atoms with van der Waals surface area (Å²) < 4.78 is 5.75. The van der Waals surface area contributed by atoms with E-state index in [9.17, 15) is 4.79 Å². The first kappa shape index (κ1) is 19.7. The second kappa shape index (κ2) is 9.73. The van der Waals surface area contributed by atoms with Crippen LogP contribution in [-0.4, -0.2) is 24.0 Å². The molecular weight excluding hydrogens is 362 g/mol. The maximum atomic E-state index is 13.0. The molecule has 0 heterocycles. The van der Waals surface area contributed by atoms with Crippen LogP contribution >= 0.6 is 0 Å². The van der Waals surface area contributed by atoms with Crippen LogP contribution in [0.25, 0.3) is 0 Å². The molecule has 1 amide bonds. The van der Waals surface area contributed by atoms with Gasteiger partial charge in [-0.15, -0.1) is 0 Å². The Labute approximate surface area is 170 Å². The van der Waals surface area contributed by atoms with Crippen LogP contribution in [0.3, 0.4) is 0 Å². The highest BCUT2D eigenvalue weighted by Gasteiger charge is 2.16. The zero-order valence-electron chi connectivity index (χ0n) is 15.8. The number of hydrogen-bond acceptors (Lipinski definition) is 4. The molecule has 0 aromatic heterocycles. The van der Waals surface area contributed by atoms with Crippen LogP contribution in [0.4, 0.5) is 0 Å². The molecule has 5 heteroatoms. The molecule has 0 spiro atoms. The van der Waals surface area contributed by atoms with E-state index in [4.69, 9.17) is 15.3 Å². The van der Waals surface area contributed by atoms with Crippen molar-refractivity contribution in [3.8, 4) is 17.9 Å². The fraction of sp³-hybridized carbons (Fsp3) is 0.125. The van der Waals surface area contributed by atoms with Gasteiger partial charge in [0.15, 0.2) is 0 Å². The minimum absolute atomic E-state index is 0.132. The molecule has 0 unspecified atom stereocenters. The van der Waals surface area contributed by atoms with Crippen LogP contribution in [0.5, 0.6) is 5.75 Å². The van der Waals surface area contributed by atoms with E-state index in [-0.39, 0.29) is 5.91 Å². The van der Waals surface area contributed by atoms with E-state index in [0.717, 1.165) is 5.56 Å². The number of amides is 1. The zero-order valence-corrected chi connectivity index (χ0v) is 15.8. The van der Waals surface area contributed by atoms with Gasteiger partial charge >= 0.3 is 0 Å². The fourth-order valence-corrected chi connectivity index (χ4v) is 2.86. The average molecular weight is 381 g/mol. The first-order valence-corrected chi connectivity index (χ1v) is 9.16. The van der Waals surface area contributed by atoms with Gasteiger partial charge in [0.05, 0.1) is 29.8 Å². The summed E-state index contributed by atoms with van der Waals surface area (Å²) in [7, 11) is 0. The molecule has 0 aliphatic carbocycles. The van der Waals surface area contributed by atoms with Gasteiger partial charge < -0.3 is 9.64 Å². The Morgan fingerprint density at radius 1 is 0.862 bits per heavy atom. The third-order valence-corrected chi connectivity index (χ3v) is 4.36. The Kier molecular flexibility index (Phi) is 6.60. The smallest absolute Gasteiger partial charge is 0.254 e. The van der Waals surface area contributed by atoms with E-state index in [1.54, 1.807) is 53.4 Å². The summed E-state index contributed by atoms with van der Waals surface area (Å²) in [6.45, 7) is 1.12. The lowest BCUT2D eigenvalue weighted by Gasteiger charge is -2.23. The van der Waals surface area contributed by atoms with E-state index in [1.807, 2.05) is 30.3 Å². The number of rotatable bonds is 7. The zero-order chi connectivity index (χ0) is 20.5. The summed E-state index contributed by atoms with van der Waals surface area (Å²) >= 11 is 0. The lowest BCUT2D eigenvalue weighted by Crippen LogP contribution is -2.34. The normalized spacial score (nSPS) is 9.86. The van der Waals surface area contributed by atoms with Crippen LogP contribution in [0.15, 0.2) is 78.9 Å². The van der Waals surface area contributed by atoms with Gasteiger partial charge in [-0.2, -0.15) is 10.5 Å². The van der Waals surface area contributed by atoms with E-state index in [0.29, 0.717) is 42.1 Å². The molecule has 3 rings (SSSR count). The van der Waals surface area contributed by atoms with Gasteiger partial charge in [0.2, 0.25) is 0 Å². The fourth-order valence-electron chi connectivity index (χ4n) is 2.86. The molecule has 3 aromatic rings. The molecule has 0 aliphatic heterocycles. The van der Waals surface area contributed by atoms with Crippen molar-refractivity contribution in [3.05, 3.63) is 101 Å². The Hall–Kier alpha value is -4.09. The Bertz CT molecular complexity index is 1050. The molecule has 3 aromatic carbocycles. The largest absolute Gasteiger partial charge is 0.492 e. The van der Waals surface area contributed by atoms with Gasteiger partial charge in [0.25, 0.3) is 5.91 Å². The number of carbonyl (C=O) groups is 1. The molecule has 0 N–H and O–H groups in total. The topological polar surface area (TPSA) is 77.1 Å². The predicted molar refractivity (Wildman–Crippen MR) is 109 cm³/mol. The number of benzene rings is 3. The van der Waals surface area contributed by atoms with Crippen LogP contribution < -0.4 is 4.74 Å². The molecule has 0 aliphatic rings. The van der Waals surface area contributed by atoms with Crippen LogP contribution in [0, 0.1) is 22.7 Å². The van der Waals surface area contributed by atoms with Crippen LogP contribution in [-0.2, 0) is 6.54 Å². The third kappa shape index (κ3) is 5.45. The first-order valence-electron chi connectivity index (χ1n) is 9.16. The van der Waals surface area contributed by atoms with Gasteiger partial charge in [0, 0.05) is 12.1 Å². The number of hydrogen-bond donors (Lipinski definition) is 0. The van der Waals surface area contributed by atoms with Crippen LogP contribution in [0.1, 0.15) is 27.0 Å². The number of carbonyl (C=O) groups excluding carboxylic acids is 1. The molecule has 5 nitrogen and oxygen atoms in total. The lowest BCUT2D eigenvalue weighted by atomic mass is 10.1. The number of nitrogens with zero attached hydrogens (tertiary/aromatic N) is 3. The maximum Gasteiger partial charge on any atom is 0.254 e. The first-order chi connectivity index (χ1) is 14.2. The van der Waals surface area contributed by atoms with Gasteiger partial charge in [-0.25, -0.2) is 0 Å². The van der Waals surface area contributed by atoms with E-state index >= 15 is 0 Å². The molecule has 142 valence electrons. The summed E-state index contributed by atoms with van der Waals surface area (Å²) in [4.78, 5) is 14.7. The van der Waals surface area contributed by atoms with Crippen molar-refractivity contribution in [1.29, 1.82) is 10.5 Å². The second-order valence-corrected chi connectivity index (χ2v) is 6.39. The molecule has 0 radical (unpaired) electrons. The minimum atomic E-state index is -0.132. The summed E-state index contributed by atoms with van der Waals surface area (Å²) in [6.07, 6.45) is 0. The van der Waals surface area contributed by atoms with E-state index in [2.05, 4.69) is 12.1 Å². The predicted octanol–water partition coefficient (Wildman–Crippen LogP) is 4.15. The molecule has 0 atom stereocenters. The summed E-state index contributed by atoms with van der Waals surface area (Å²) in [5.41, 5.74) is 2.57. The molecule has 0 saturated carbocycles. The van der Waals surface area contributed by atoms with Gasteiger partial charge in [-0.1, -0.05) is 36.4 Å². The van der Waals surface area contributed by atoms with Gasteiger partial charge in [-0.3, -0.25) is 4.79 Å². The van der Waals surface area contributed by atoms with Gasteiger partial charge in [-0.05, 0) is 48.0 Å². The highest BCUT2D eigenvalue weighted by Crippen LogP contribution is 2.14. The second-order valence-electron chi connectivity index (χ2n) is 6.39. The summed E-state index contributed by atoms with van der Waals surface area (Å²) in [5.74, 6) is 0.460. The van der Waals surface area contributed by atoms with Crippen LogP contribution in [0.2, 0.25) is 0 Å². The number of nitriles is 2. The lowest BCUT2D eigenvalue weighted by molar-refractivity contribution is 0.0716. The highest BCUT2D eigenvalue weighted by molar-refractivity contribution is 5.94. The summed E-state index contributed by atoms with van der Waals surface area (Å²) in [6, 6.07) is 27.4. The van der Waals surface area contributed by atoms with Crippen molar-refractivity contribution in [2.24, 2.45) is 0 Å². The van der Waals surface area contributed by atoms with Crippen molar-refractivity contribution < 1.29 is 9.53 Å². The van der Waals surface area contributed by atoms with Crippen molar-refractivity contribution in [2.75, 3.05) is 13.2 Å². The van der Waals surface area contributed by atoms with E-state index < -0.39 is 0 Å².